The number of carboxylic acid groups (broad SMARTS) is 1. The lowest BCUT2D eigenvalue weighted by atomic mass is 10.4. The van der Waals surface area contributed by atoms with Crippen molar-refractivity contribution in [1.29, 1.82) is 0 Å². The van der Waals surface area contributed by atoms with Crippen LogP contribution in [-0.2, 0) is 14.3 Å². The lowest BCUT2D eigenvalue weighted by Crippen LogP contribution is -2.03. The predicted molar refractivity (Wildman–Crippen MR) is 42.5 cm³/mol. The molecule has 0 unspecified atom stereocenters. The Morgan fingerprint density at radius 2 is 2.08 bits per heavy atom. The normalized spacial score (nSPS) is 9.75. The van der Waals surface area contributed by atoms with Crippen LogP contribution in [0.1, 0.15) is 6.92 Å². The molecule has 0 radical (unpaired) electrons. The fourth-order valence-electron chi connectivity index (χ4n) is 0.382. The van der Waals surface area contributed by atoms with Crippen LogP contribution in [0.2, 0.25) is 0 Å². The van der Waals surface area contributed by atoms with Crippen molar-refractivity contribution in [2.24, 2.45) is 0 Å². The number of hydrogen-bond donors (Lipinski definition) is 1. The average Bonchev–Trinajstić information content (AvgIpc) is 1.96. The maximum Gasteiger partial charge on any atom is 0.331 e. The van der Waals surface area contributed by atoms with E-state index in [0.717, 1.165) is 12.2 Å². The van der Waals surface area contributed by atoms with Crippen molar-refractivity contribution in [3.8, 4) is 0 Å². The highest BCUT2D eigenvalue weighted by atomic mass is 16.5. The van der Waals surface area contributed by atoms with Crippen LogP contribution >= 0.6 is 0 Å². The molecule has 66 valence electrons. The SMILES string of the molecule is C=C(C)COC(=O)/C=C/C(=O)O. The van der Waals surface area contributed by atoms with Crippen LogP contribution in [0.4, 0.5) is 0 Å². The van der Waals surface area contributed by atoms with Gasteiger partial charge in [0.15, 0.2) is 0 Å². The molecule has 0 aliphatic rings. The Morgan fingerprint density at radius 1 is 1.50 bits per heavy atom. The number of esters is 1. The zero-order chi connectivity index (χ0) is 9.56. The molecule has 0 spiro atoms. The van der Waals surface area contributed by atoms with Gasteiger partial charge >= 0.3 is 11.9 Å². The number of hydrogen-bond acceptors (Lipinski definition) is 3. The minimum absolute atomic E-state index is 0.114. The number of aliphatic carboxylic acids is 1. The van der Waals surface area contributed by atoms with Gasteiger partial charge in [-0.25, -0.2) is 9.59 Å². The summed E-state index contributed by atoms with van der Waals surface area (Å²) in [5.41, 5.74) is 0.701. The molecule has 12 heavy (non-hydrogen) atoms. The standard InChI is InChI=1S/C8H10O4/c1-6(2)5-12-8(11)4-3-7(9)10/h3-4H,1,5H2,2H3,(H,9,10)/b4-3+. The molecule has 0 fully saturated rings. The van der Waals surface area contributed by atoms with Gasteiger partial charge in [0.05, 0.1) is 0 Å². The van der Waals surface area contributed by atoms with Crippen molar-refractivity contribution in [3.05, 3.63) is 24.3 Å². The average molecular weight is 170 g/mol. The quantitative estimate of drug-likeness (QED) is 0.384. The van der Waals surface area contributed by atoms with E-state index in [-0.39, 0.29) is 6.61 Å². The topological polar surface area (TPSA) is 63.6 Å². The first-order valence-corrected chi connectivity index (χ1v) is 3.24. The first kappa shape index (κ1) is 10.4. The Labute approximate surface area is 70.1 Å². The molecule has 0 rings (SSSR count). The van der Waals surface area contributed by atoms with Crippen molar-refractivity contribution in [3.63, 3.8) is 0 Å². The van der Waals surface area contributed by atoms with Gasteiger partial charge in [-0.15, -0.1) is 0 Å². The highest BCUT2D eigenvalue weighted by Gasteiger charge is 1.97. The first-order valence-electron chi connectivity index (χ1n) is 3.24. The van der Waals surface area contributed by atoms with Crippen molar-refractivity contribution in [1.82, 2.24) is 0 Å². The summed E-state index contributed by atoms with van der Waals surface area (Å²) in [5.74, 6) is -1.86. The van der Waals surface area contributed by atoms with Crippen molar-refractivity contribution < 1.29 is 19.4 Å². The van der Waals surface area contributed by atoms with E-state index in [1.165, 1.54) is 0 Å². The molecule has 0 aromatic carbocycles. The Hall–Kier alpha value is -1.58. The molecule has 1 N–H and O–H groups in total. The summed E-state index contributed by atoms with van der Waals surface area (Å²) in [6, 6.07) is 0. The van der Waals surface area contributed by atoms with Crippen LogP contribution in [0, 0.1) is 0 Å². The number of carbonyl (C=O) groups excluding carboxylic acids is 1. The summed E-state index contributed by atoms with van der Waals surface area (Å²) in [4.78, 5) is 20.6. The molecule has 0 saturated heterocycles. The van der Waals surface area contributed by atoms with E-state index in [4.69, 9.17) is 5.11 Å². The van der Waals surface area contributed by atoms with Gasteiger partial charge in [0.25, 0.3) is 0 Å². The summed E-state index contributed by atoms with van der Waals surface area (Å²) < 4.78 is 4.57. The largest absolute Gasteiger partial charge is 0.478 e. The van der Waals surface area contributed by atoms with Crippen LogP contribution in [0.25, 0.3) is 0 Å². The number of ether oxygens (including phenoxy) is 1. The second-order valence-electron chi connectivity index (χ2n) is 2.24. The third kappa shape index (κ3) is 6.54. The minimum atomic E-state index is -1.18. The number of carboxylic acids is 1. The zero-order valence-corrected chi connectivity index (χ0v) is 6.74. The third-order valence-corrected chi connectivity index (χ3v) is 0.823. The maximum absolute atomic E-state index is 10.6. The van der Waals surface area contributed by atoms with E-state index in [1.807, 2.05) is 0 Å². The van der Waals surface area contributed by atoms with Crippen molar-refractivity contribution >= 4 is 11.9 Å². The molecule has 4 nitrogen and oxygen atoms in total. The first-order chi connectivity index (χ1) is 5.52. The van der Waals surface area contributed by atoms with Gasteiger partial charge in [0, 0.05) is 12.2 Å². The molecule has 0 aliphatic carbocycles. The second-order valence-corrected chi connectivity index (χ2v) is 2.24. The zero-order valence-electron chi connectivity index (χ0n) is 6.74. The Balaban J connectivity index is 3.75. The Bertz CT molecular complexity index is 227. The third-order valence-electron chi connectivity index (χ3n) is 0.823. The Kier molecular flexibility index (Phi) is 4.45. The van der Waals surface area contributed by atoms with Crippen LogP contribution in [0.5, 0.6) is 0 Å². The molecule has 0 heterocycles. The van der Waals surface area contributed by atoms with Gasteiger partial charge in [-0.1, -0.05) is 6.58 Å². The molecular formula is C8H10O4. The molecule has 0 aromatic rings. The molecular weight excluding hydrogens is 160 g/mol. The van der Waals surface area contributed by atoms with E-state index < -0.39 is 11.9 Å². The van der Waals surface area contributed by atoms with Crippen LogP contribution < -0.4 is 0 Å². The Morgan fingerprint density at radius 3 is 2.50 bits per heavy atom. The number of carbonyl (C=O) groups is 2. The van der Waals surface area contributed by atoms with Gasteiger partial charge in [-0.2, -0.15) is 0 Å². The second kappa shape index (κ2) is 5.12. The summed E-state index contributed by atoms with van der Waals surface area (Å²) in [6.07, 6.45) is 1.58. The molecule has 0 aromatic heterocycles. The van der Waals surface area contributed by atoms with Gasteiger partial charge in [0.2, 0.25) is 0 Å². The fourth-order valence-corrected chi connectivity index (χ4v) is 0.382. The van der Waals surface area contributed by atoms with Crippen LogP contribution in [0.3, 0.4) is 0 Å². The summed E-state index contributed by atoms with van der Waals surface area (Å²) in [6.45, 7) is 5.32. The van der Waals surface area contributed by atoms with E-state index in [0.29, 0.717) is 5.57 Å². The molecule has 0 bridgehead atoms. The van der Waals surface area contributed by atoms with Crippen molar-refractivity contribution in [2.45, 2.75) is 6.92 Å². The summed E-state index contributed by atoms with van der Waals surface area (Å²) in [7, 11) is 0. The molecule has 0 aliphatic heterocycles. The van der Waals surface area contributed by atoms with Crippen molar-refractivity contribution in [2.75, 3.05) is 6.61 Å². The van der Waals surface area contributed by atoms with Crippen LogP contribution in [-0.4, -0.2) is 23.7 Å². The maximum atomic E-state index is 10.6. The highest BCUT2D eigenvalue weighted by molar-refractivity contribution is 5.90. The lowest BCUT2D eigenvalue weighted by Gasteiger charge is -1.98. The minimum Gasteiger partial charge on any atom is -0.478 e. The summed E-state index contributed by atoms with van der Waals surface area (Å²) >= 11 is 0. The molecule has 0 saturated carbocycles. The van der Waals surface area contributed by atoms with Gasteiger partial charge in [-0.05, 0) is 12.5 Å². The van der Waals surface area contributed by atoms with Gasteiger partial charge < -0.3 is 9.84 Å². The fraction of sp³-hybridized carbons (Fsp3) is 0.250. The van der Waals surface area contributed by atoms with E-state index >= 15 is 0 Å². The summed E-state index contributed by atoms with van der Waals surface area (Å²) in [5, 5.41) is 8.13. The van der Waals surface area contributed by atoms with Crippen LogP contribution in [0.15, 0.2) is 24.3 Å². The van der Waals surface area contributed by atoms with Gasteiger partial charge in [-0.3, -0.25) is 0 Å². The smallest absolute Gasteiger partial charge is 0.331 e. The molecule has 4 heteroatoms. The number of rotatable bonds is 4. The lowest BCUT2D eigenvalue weighted by molar-refractivity contribution is -0.137. The monoisotopic (exact) mass is 170 g/mol. The van der Waals surface area contributed by atoms with Gasteiger partial charge in [0.1, 0.15) is 6.61 Å². The van der Waals surface area contributed by atoms with E-state index in [9.17, 15) is 9.59 Å². The highest BCUT2D eigenvalue weighted by Crippen LogP contribution is 1.89. The van der Waals surface area contributed by atoms with E-state index in [2.05, 4.69) is 11.3 Å². The predicted octanol–water partition coefficient (Wildman–Crippen LogP) is 0.746. The molecule has 0 atom stereocenters. The molecule has 0 amide bonds. The van der Waals surface area contributed by atoms with E-state index in [1.54, 1.807) is 6.92 Å².